The van der Waals surface area contributed by atoms with Gasteiger partial charge in [0.1, 0.15) is 6.10 Å². The van der Waals surface area contributed by atoms with Crippen molar-refractivity contribution in [3.05, 3.63) is 23.8 Å². The molecule has 4 nitrogen and oxygen atoms in total. The van der Waals surface area contributed by atoms with Gasteiger partial charge in [0, 0.05) is 17.9 Å². The molecule has 1 saturated heterocycles. The first-order valence-corrected chi connectivity index (χ1v) is 14.1. The molecule has 0 aromatic heterocycles. The highest BCUT2D eigenvalue weighted by molar-refractivity contribution is 5.91. The molecule has 35 heavy (non-hydrogen) atoms. The van der Waals surface area contributed by atoms with E-state index >= 15 is 0 Å². The molecule has 1 aliphatic heterocycles. The summed E-state index contributed by atoms with van der Waals surface area (Å²) < 4.78 is 11.0. The third kappa shape index (κ3) is 3.29. The smallest absolute Gasteiger partial charge is 0.334 e. The number of hydrogen-bond donors (Lipinski definition) is 0. The number of fused-ring (bicyclic) bond motifs is 4. The van der Waals surface area contributed by atoms with Crippen molar-refractivity contribution >= 4 is 11.9 Å². The Kier molecular flexibility index (Phi) is 5.89. The molecule has 0 radical (unpaired) electrons. The van der Waals surface area contributed by atoms with E-state index in [9.17, 15) is 9.59 Å². The van der Waals surface area contributed by atoms with Crippen LogP contribution in [0.25, 0.3) is 0 Å². The van der Waals surface area contributed by atoms with Crippen LogP contribution in [-0.4, -0.2) is 25.2 Å². The average molecular weight is 483 g/mol. The first-order valence-electron chi connectivity index (χ1n) is 14.1. The summed E-state index contributed by atoms with van der Waals surface area (Å²) in [6.45, 7) is 16.3. The van der Waals surface area contributed by atoms with Gasteiger partial charge in [-0.05, 0) is 111 Å². The van der Waals surface area contributed by atoms with E-state index in [-0.39, 0.29) is 40.2 Å². The van der Waals surface area contributed by atoms with E-state index in [1.165, 1.54) is 51.2 Å². The summed E-state index contributed by atoms with van der Waals surface area (Å²) in [5.74, 6) is 1.73. The highest BCUT2D eigenvalue weighted by Gasteiger charge is 2.83. The quantitative estimate of drug-likeness (QED) is 0.222. The Labute approximate surface area is 212 Å². The number of esters is 2. The number of allylic oxidation sites excluding steroid dienone is 2. The van der Waals surface area contributed by atoms with Crippen molar-refractivity contribution in [2.45, 2.75) is 105 Å². The SMILES string of the molecule is C=C1C(=O)O[C@H]2C[C@H]3[C@@]4(CC[C@@]5(C)[C@H]([C@@H](C)CCC=C(C)C)CC[C@]35C)C[C@@]4(CCC(=O)OC)[C@@H]12. The van der Waals surface area contributed by atoms with Gasteiger partial charge in [-0.1, -0.05) is 39.0 Å². The molecule has 5 aliphatic rings. The number of hydrogen-bond acceptors (Lipinski definition) is 4. The second-order valence-corrected chi connectivity index (χ2v) is 13.6. The van der Waals surface area contributed by atoms with Crippen LogP contribution in [0.2, 0.25) is 0 Å². The molecule has 0 unspecified atom stereocenters. The van der Waals surface area contributed by atoms with Crippen molar-refractivity contribution in [2.75, 3.05) is 7.11 Å². The van der Waals surface area contributed by atoms with E-state index in [1.807, 2.05) is 0 Å². The molecule has 1 spiro atoms. The number of carbonyl (C=O) groups excluding carboxylic acids is 2. The minimum absolute atomic E-state index is 0.0322. The molecule has 0 aromatic rings. The first kappa shape index (κ1) is 25.1. The fourth-order valence-electron chi connectivity index (χ4n) is 10.4. The van der Waals surface area contributed by atoms with Crippen LogP contribution >= 0.6 is 0 Å². The largest absolute Gasteiger partial charge is 0.469 e. The normalized spacial score (nSPS) is 46.0. The number of carbonyl (C=O) groups is 2. The van der Waals surface area contributed by atoms with E-state index < -0.39 is 0 Å². The Morgan fingerprint density at radius 1 is 1.23 bits per heavy atom. The zero-order chi connectivity index (χ0) is 25.4. The maximum Gasteiger partial charge on any atom is 0.334 e. The third-order valence-electron chi connectivity index (χ3n) is 12.3. The molecule has 194 valence electrons. The van der Waals surface area contributed by atoms with Crippen molar-refractivity contribution in [3.63, 3.8) is 0 Å². The molecule has 5 fully saturated rings. The van der Waals surface area contributed by atoms with Crippen LogP contribution in [0.1, 0.15) is 98.8 Å². The van der Waals surface area contributed by atoms with Crippen LogP contribution in [0.4, 0.5) is 0 Å². The maximum absolute atomic E-state index is 12.7. The Morgan fingerprint density at radius 3 is 2.66 bits per heavy atom. The summed E-state index contributed by atoms with van der Waals surface area (Å²) in [7, 11) is 1.47. The summed E-state index contributed by atoms with van der Waals surface area (Å²) in [4.78, 5) is 24.9. The van der Waals surface area contributed by atoms with Crippen LogP contribution < -0.4 is 0 Å². The summed E-state index contributed by atoms with van der Waals surface area (Å²) >= 11 is 0. The number of methoxy groups -OCH3 is 1. The van der Waals surface area contributed by atoms with E-state index in [2.05, 4.69) is 47.3 Å². The van der Waals surface area contributed by atoms with Gasteiger partial charge in [-0.3, -0.25) is 4.79 Å². The maximum atomic E-state index is 12.7. The van der Waals surface area contributed by atoms with Crippen molar-refractivity contribution in [2.24, 2.45) is 45.3 Å². The lowest BCUT2D eigenvalue weighted by Crippen LogP contribution is -2.56. The van der Waals surface area contributed by atoms with Gasteiger partial charge in [0.15, 0.2) is 0 Å². The predicted octanol–water partition coefficient (Wildman–Crippen LogP) is 7.03. The minimum atomic E-state index is -0.205. The topological polar surface area (TPSA) is 52.6 Å². The molecule has 4 saturated carbocycles. The molecule has 0 aromatic carbocycles. The molecule has 0 N–H and O–H groups in total. The zero-order valence-corrected chi connectivity index (χ0v) is 22.9. The molecular weight excluding hydrogens is 436 g/mol. The lowest BCUT2D eigenvalue weighted by atomic mass is 9.43. The van der Waals surface area contributed by atoms with Gasteiger partial charge in [0.2, 0.25) is 0 Å². The Hall–Kier alpha value is -1.58. The number of rotatable bonds is 7. The highest BCUT2D eigenvalue weighted by Crippen LogP contribution is 2.88. The van der Waals surface area contributed by atoms with Crippen LogP contribution in [0.15, 0.2) is 23.8 Å². The third-order valence-corrected chi connectivity index (χ3v) is 12.3. The van der Waals surface area contributed by atoms with E-state index in [4.69, 9.17) is 9.47 Å². The average Bonchev–Trinajstić information content (AvgIpc) is 3.26. The van der Waals surface area contributed by atoms with Crippen molar-refractivity contribution in [1.29, 1.82) is 0 Å². The lowest BCUT2D eigenvalue weighted by Gasteiger charge is -2.61. The molecule has 4 heteroatoms. The summed E-state index contributed by atoms with van der Waals surface area (Å²) in [5, 5.41) is 0. The van der Waals surface area contributed by atoms with Crippen LogP contribution in [-0.2, 0) is 19.1 Å². The molecule has 0 amide bonds. The zero-order valence-electron chi connectivity index (χ0n) is 22.9. The summed E-state index contributed by atoms with van der Waals surface area (Å²) in [6, 6.07) is 0. The van der Waals surface area contributed by atoms with E-state index in [0.717, 1.165) is 31.1 Å². The molecular formula is C31H46O4. The summed E-state index contributed by atoms with van der Waals surface area (Å²) in [6.07, 6.45) is 13.1. The van der Waals surface area contributed by atoms with Gasteiger partial charge in [-0.15, -0.1) is 0 Å². The molecule has 9 atom stereocenters. The van der Waals surface area contributed by atoms with Crippen molar-refractivity contribution in [1.82, 2.24) is 0 Å². The predicted molar refractivity (Wildman–Crippen MR) is 137 cm³/mol. The molecule has 5 rings (SSSR count). The molecule has 4 aliphatic carbocycles. The first-order chi connectivity index (χ1) is 16.5. The van der Waals surface area contributed by atoms with Gasteiger partial charge in [0.05, 0.1) is 7.11 Å². The van der Waals surface area contributed by atoms with Gasteiger partial charge in [-0.2, -0.15) is 0 Å². The van der Waals surface area contributed by atoms with Crippen molar-refractivity contribution in [3.8, 4) is 0 Å². The Bertz CT molecular complexity index is 961. The second-order valence-electron chi connectivity index (χ2n) is 13.6. The van der Waals surface area contributed by atoms with Crippen LogP contribution in [0.3, 0.4) is 0 Å². The van der Waals surface area contributed by atoms with Crippen LogP contribution in [0.5, 0.6) is 0 Å². The number of ether oxygens (including phenoxy) is 2. The Morgan fingerprint density at radius 2 is 1.97 bits per heavy atom. The fourth-order valence-corrected chi connectivity index (χ4v) is 10.4. The molecule has 1 heterocycles. The minimum Gasteiger partial charge on any atom is -0.469 e. The molecule has 0 bridgehead atoms. The van der Waals surface area contributed by atoms with Gasteiger partial charge in [-0.25, -0.2) is 4.79 Å². The van der Waals surface area contributed by atoms with Crippen molar-refractivity contribution < 1.29 is 19.1 Å². The van der Waals surface area contributed by atoms with E-state index in [0.29, 0.717) is 23.3 Å². The highest BCUT2D eigenvalue weighted by atomic mass is 16.6. The standard InChI is InChI=1S/C31H46O4/c1-19(2)9-8-10-20(3)22-11-13-29(6)24-17-23-26(21(4)27(33)35-23)31(14-12-25(32)34-7)18-30(24,31)16-15-28(22,29)5/h9,20,22-24,26H,4,8,10-18H2,1-3,5-7H3/t20-,22-,23-,24+,26-,28-,29+,30+,31-/m0/s1. The fraction of sp³-hybridized carbons (Fsp3) is 0.806. The second kappa shape index (κ2) is 8.21. The Balaban J connectivity index is 1.46. The van der Waals surface area contributed by atoms with Gasteiger partial charge in [0.25, 0.3) is 0 Å². The van der Waals surface area contributed by atoms with E-state index in [1.54, 1.807) is 0 Å². The lowest BCUT2D eigenvalue weighted by molar-refractivity contribution is -0.158. The summed E-state index contributed by atoms with van der Waals surface area (Å²) in [5.41, 5.74) is 2.82. The monoisotopic (exact) mass is 482 g/mol. The van der Waals surface area contributed by atoms with Crippen LogP contribution in [0, 0.1) is 45.3 Å². The van der Waals surface area contributed by atoms with Gasteiger partial charge >= 0.3 is 11.9 Å². The van der Waals surface area contributed by atoms with Gasteiger partial charge < -0.3 is 9.47 Å².